The van der Waals surface area contributed by atoms with Gasteiger partial charge in [0.1, 0.15) is 12.4 Å². The van der Waals surface area contributed by atoms with E-state index in [-0.39, 0.29) is 18.1 Å². The predicted octanol–water partition coefficient (Wildman–Crippen LogP) is 5.24. The smallest absolute Gasteiger partial charge is 0.336 e. The first-order valence-electron chi connectivity index (χ1n) is 12.6. The summed E-state index contributed by atoms with van der Waals surface area (Å²) in [4.78, 5) is 47.0. The monoisotopic (exact) mass is 574 g/mol. The van der Waals surface area contributed by atoms with Crippen molar-refractivity contribution in [2.75, 3.05) is 14.2 Å². The summed E-state index contributed by atoms with van der Waals surface area (Å²) in [5.74, 6) is -0.500. The molecule has 0 radical (unpaired) electrons. The van der Waals surface area contributed by atoms with Crippen molar-refractivity contribution in [1.82, 2.24) is 0 Å². The van der Waals surface area contributed by atoms with Crippen LogP contribution in [0.2, 0.25) is 0 Å². The molecule has 3 aromatic carbocycles. The molecule has 0 amide bonds. The highest BCUT2D eigenvalue weighted by Crippen LogP contribution is 2.30. The van der Waals surface area contributed by atoms with Crippen LogP contribution in [0.25, 0.3) is 12.2 Å². The van der Waals surface area contributed by atoms with Crippen molar-refractivity contribution in [1.29, 1.82) is 0 Å². The second-order valence-corrected chi connectivity index (χ2v) is 8.80. The van der Waals surface area contributed by atoms with Gasteiger partial charge in [0.15, 0.2) is 23.0 Å². The van der Waals surface area contributed by atoms with Crippen molar-refractivity contribution in [3.63, 3.8) is 0 Å². The standard InChI is InChI=1S/C32H30O10/c1-20-16-25(19-39-31(35)14-9-23-6-12-27(40-21(2)33)29(17-23)37-4)8-11-26(20)42-32(36)15-10-24-7-13-28(41-22(3)34)30(18-24)38-5/h6-18H,19H2,1-5H3/b14-9+,15-10+. The molecule has 0 bridgehead atoms. The maximum absolute atomic E-state index is 12.4. The molecule has 42 heavy (non-hydrogen) atoms. The normalized spacial score (nSPS) is 10.8. The van der Waals surface area contributed by atoms with E-state index in [1.54, 1.807) is 73.7 Å². The van der Waals surface area contributed by atoms with Crippen molar-refractivity contribution in [2.45, 2.75) is 27.4 Å². The average Bonchev–Trinajstić information content (AvgIpc) is 2.95. The van der Waals surface area contributed by atoms with Crippen molar-refractivity contribution >= 4 is 36.0 Å². The molecule has 10 heteroatoms. The lowest BCUT2D eigenvalue weighted by atomic mass is 10.1. The molecular weight excluding hydrogens is 544 g/mol. The van der Waals surface area contributed by atoms with E-state index < -0.39 is 23.9 Å². The number of rotatable bonds is 11. The molecule has 0 saturated heterocycles. The molecule has 0 aliphatic heterocycles. The summed E-state index contributed by atoms with van der Waals surface area (Å²) in [5, 5.41) is 0. The minimum absolute atomic E-state index is 0.0119. The third kappa shape index (κ3) is 9.37. The molecule has 0 aliphatic carbocycles. The predicted molar refractivity (Wildman–Crippen MR) is 153 cm³/mol. The van der Waals surface area contributed by atoms with Crippen LogP contribution in [-0.2, 0) is 30.5 Å². The molecule has 10 nitrogen and oxygen atoms in total. The van der Waals surface area contributed by atoms with E-state index >= 15 is 0 Å². The number of hydrogen-bond donors (Lipinski definition) is 0. The third-order valence-corrected chi connectivity index (χ3v) is 5.54. The second-order valence-electron chi connectivity index (χ2n) is 8.80. The first-order valence-corrected chi connectivity index (χ1v) is 12.6. The molecule has 0 atom stereocenters. The Bertz CT molecular complexity index is 1530. The minimum Gasteiger partial charge on any atom is -0.493 e. The minimum atomic E-state index is -0.594. The van der Waals surface area contributed by atoms with Crippen LogP contribution in [-0.4, -0.2) is 38.1 Å². The molecular formula is C32H30O10. The molecule has 218 valence electrons. The van der Waals surface area contributed by atoms with Gasteiger partial charge in [0, 0.05) is 26.0 Å². The van der Waals surface area contributed by atoms with Gasteiger partial charge in [-0.3, -0.25) is 9.59 Å². The summed E-state index contributed by atoms with van der Waals surface area (Å²) in [6.07, 6.45) is 5.63. The van der Waals surface area contributed by atoms with E-state index in [0.717, 1.165) is 0 Å². The molecule has 0 fully saturated rings. The van der Waals surface area contributed by atoms with Crippen LogP contribution in [0.1, 0.15) is 36.1 Å². The zero-order valence-electron chi connectivity index (χ0n) is 23.8. The van der Waals surface area contributed by atoms with E-state index in [1.165, 1.54) is 40.2 Å². The van der Waals surface area contributed by atoms with E-state index in [2.05, 4.69) is 0 Å². The van der Waals surface area contributed by atoms with Gasteiger partial charge in [0.2, 0.25) is 0 Å². The molecule has 3 aromatic rings. The molecule has 0 saturated carbocycles. The number of hydrogen-bond acceptors (Lipinski definition) is 10. The number of carbonyl (C=O) groups is 4. The van der Waals surface area contributed by atoms with Gasteiger partial charge < -0.3 is 28.4 Å². The summed E-state index contributed by atoms with van der Waals surface area (Å²) in [7, 11) is 2.89. The van der Waals surface area contributed by atoms with Crippen LogP contribution in [0.3, 0.4) is 0 Å². The van der Waals surface area contributed by atoms with Gasteiger partial charge >= 0.3 is 23.9 Å². The molecule has 0 aliphatic rings. The molecule has 0 heterocycles. The first kappa shape index (κ1) is 31.2. The number of esters is 4. The first-order chi connectivity index (χ1) is 20.1. The van der Waals surface area contributed by atoms with Gasteiger partial charge in [-0.25, -0.2) is 9.59 Å². The number of benzene rings is 3. The summed E-state index contributed by atoms with van der Waals surface area (Å²) >= 11 is 0. The van der Waals surface area contributed by atoms with Gasteiger partial charge in [-0.05, 0) is 77.7 Å². The number of ether oxygens (including phenoxy) is 6. The van der Waals surface area contributed by atoms with Crippen LogP contribution in [0, 0.1) is 6.92 Å². The Balaban J connectivity index is 1.55. The average molecular weight is 575 g/mol. The van der Waals surface area contributed by atoms with Gasteiger partial charge in [-0.2, -0.15) is 0 Å². The zero-order chi connectivity index (χ0) is 30.6. The molecule has 0 aromatic heterocycles. The molecule has 3 rings (SSSR count). The van der Waals surface area contributed by atoms with Gasteiger partial charge in [0.25, 0.3) is 0 Å². The summed E-state index contributed by atoms with van der Waals surface area (Å²) in [5.41, 5.74) is 2.67. The Labute approximate surface area is 243 Å². The Kier molecular flexibility index (Phi) is 11.0. The fourth-order valence-electron chi connectivity index (χ4n) is 3.64. The Morgan fingerprint density at radius 1 is 0.619 bits per heavy atom. The number of aryl methyl sites for hydroxylation is 1. The Hall–Kier alpha value is -5.38. The van der Waals surface area contributed by atoms with Crippen molar-refractivity contribution in [3.8, 4) is 28.7 Å². The maximum atomic E-state index is 12.4. The number of methoxy groups -OCH3 is 2. The SMILES string of the molecule is COc1cc(/C=C/C(=O)OCc2ccc(OC(=O)/C=C/c3ccc(OC(C)=O)c(OC)c3)c(C)c2)ccc1OC(C)=O. The maximum Gasteiger partial charge on any atom is 0.336 e. The van der Waals surface area contributed by atoms with Gasteiger partial charge in [0.05, 0.1) is 14.2 Å². The van der Waals surface area contributed by atoms with Gasteiger partial charge in [-0.15, -0.1) is 0 Å². The molecule has 0 unspecified atom stereocenters. The van der Waals surface area contributed by atoms with Crippen LogP contribution in [0.5, 0.6) is 28.7 Å². The Morgan fingerprint density at radius 2 is 1.12 bits per heavy atom. The van der Waals surface area contributed by atoms with E-state index in [4.69, 9.17) is 28.4 Å². The Morgan fingerprint density at radius 3 is 1.60 bits per heavy atom. The summed E-state index contributed by atoms with van der Waals surface area (Å²) in [6.45, 7) is 4.36. The van der Waals surface area contributed by atoms with Crippen LogP contribution in [0.4, 0.5) is 0 Å². The highest BCUT2D eigenvalue weighted by Gasteiger charge is 2.10. The second kappa shape index (κ2) is 14.8. The summed E-state index contributed by atoms with van der Waals surface area (Å²) in [6, 6.07) is 14.8. The summed E-state index contributed by atoms with van der Waals surface area (Å²) < 4.78 is 31.3. The lowest BCUT2D eigenvalue weighted by Gasteiger charge is -2.09. The third-order valence-electron chi connectivity index (χ3n) is 5.54. The molecule has 0 spiro atoms. The van der Waals surface area contributed by atoms with Gasteiger partial charge in [-0.1, -0.05) is 18.2 Å². The van der Waals surface area contributed by atoms with E-state index in [0.29, 0.717) is 39.5 Å². The quantitative estimate of drug-likeness (QED) is 0.171. The van der Waals surface area contributed by atoms with Crippen LogP contribution in [0.15, 0.2) is 66.7 Å². The lowest BCUT2D eigenvalue weighted by molar-refractivity contribution is -0.139. The highest BCUT2D eigenvalue weighted by atomic mass is 16.6. The fraction of sp³-hybridized carbons (Fsp3) is 0.188. The zero-order valence-corrected chi connectivity index (χ0v) is 23.8. The van der Waals surface area contributed by atoms with Crippen LogP contribution >= 0.6 is 0 Å². The van der Waals surface area contributed by atoms with E-state index in [9.17, 15) is 19.2 Å². The van der Waals surface area contributed by atoms with E-state index in [1.807, 2.05) is 0 Å². The van der Waals surface area contributed by atoms with Crippen molar-refractivity contribution < 1.29 is 47.6 Å². The molecule has 0 N–H and O–H groups in total. The number of carbonyl (C=O) groups excluding carboxylic acids is 4. The van der Waals surface area contributed by atoms with Crippen molar-refractivity contribution in [2.24, 2.45) is 0 Å². The van der Waals surface area contributed by atoms with Crippen molar-refractivity contribution in [3.05, 3.63) is 89.0 Å². The highest BCUT2D eigenvalue weighted by molar-refractivity contribution is 5.89. The van der Waals surface area contributed by atoms with Crippen LogP contribution < -0.4 is 23.7 Å². The largest absolute Gasteiger partial charge is 0.493 e. The fourth-order valence-corrected chi connectivity index (χ4v) is 3.64. The topological polar surface area (TPSA) is 124 Å². The lowest BCUT2D eigenvalue weighted by Crippen LogP contribution is -2.06.